The fourth-order valence-electron chi connectivity index (χ4n) is 1.86. The van der Waals surface area contributed by atoms with Crippen molar-refractivity contribution >= 4 is 21.8 Å². The van der Waals surface area contributed by atoms with E-state index in [4.69, 9.17) is 4.74 Å². The summed E-state index contributed by atoms with van der Waals surface area (Å²) < 4.78 is 6.48. The van der Waals surface area contributed by atoms with E-state index in [1.807, 2.05) is 24.3 Å². The lowest BCUT2D eigenvalue weighted by molar-refractivity contribution is -0.121. The molecule has 1 saturated heterocycles. The molecule has 1 unspecified atom stereocenters. The Morgan fingerprint density at radius 3 is 3.06 bits per heavy atom. The van der Waals surface area contributed by atoms with Crippen molar-refractivity contribution in [3.05, 3.63) is 34.3 Å². The first-order chi connectivity index (χ1) is 8.75. The predicted octanol–water partition coefficient (Wildman–Crippen LogP) is 1.10. The average molecular weight is 313 g/mol. The van der Waals surface area contributed by atoms with Crippen molar-refractivity contribution in [1.82, 2.24) is 10.6 Å². The van der Waals surface area contributed by atoms with Gasteiger partial charge in [0.25, 0.3) is 0 Å². The number of amides is 1. The summed E-state index contributed by atoms with van der Waals surface area (Å²) >= 11 is 3.44. The van der Waals surface area contributed by atoms with Crippen LogP contribution in [0.25, 0.3) is 0 Å². The second kappa shape index (κ2) is 6.87. The number of rotatable bonds is 4. The number of ether oxygens (including phenoxy) is 1. The van der Waals surface area contributed by atoms with Crippen LogP contribution in [0, 0.1) is 0 Å². The quantitative estimate of drug-likeness (QED) is 0.875. The van der Waals surface area contributed by atoms with Gasteiger partial charge in [-0.25, -0.2) is 0 Å². The molecular formula is C13H17BrN2O2. The van der Waals surface area contributed by atoms with Crippen molar-refractivity contribution in [3.8, 4) is 0 Å². The van der Waals surface area contributed by atoms with Gasteiger partial charge in [-0.05, 0) is 11.6 Å². The van der Waals surface area contributed by atoms with Crippen LogP contribution in [0.3, 0.4) is 0 Å². The summed E-state index contributed by atoms with van der Waals surface area (Å²) in [4.78, 5) is 11.8. The van der Waals surface area contributed by atoms with E-state index in [0.717, 1.165) is 23.1 Å². The third-order valence-corrected chi connectivity index (χ3v) is 3.61. The Bertz CT molecular complexity index is 406. The Morgan fingerprint density at radius 1 is 1.50 bits per heavy atom. The molecule has 1 heterocycles. The van der Waals surface area contributed by atoms with E-state index >= 15 is 0 Å². The molecule has 0 spiro atoms. The molecule has 1 aliphatic rings. The van der Waals surface area contributed by atoms with E-state index in [2.05, 4.69) is 26.6 Å². The number of hydrogen-bond acceptors (Lipinski definition) is 3. The summed E-state index contributed by atoms with van der Waals surface area (Å²) in [6.45, 7) is 2.97. The van der Waals surface area contributed by atoms with Crippen molar-refractivity contribution in [1.29, 1.82) is 0 Å². The van der Waals surface area contributed by atoms with Gasteiger partial charge in [-0.15, -0.1) is 0 Å². The van der Waals surface area contributed by atoms with Gasteiger partial charge in [-0.3, -0.25) is 4.79 Å². The van der Waals surface area contributed by atoms with Crippen molar-refractivity contribution in [2.24, 2.45) is 0 Å². The maximum atomic E-state index is 11.8. The zero-order valence-electron chi connectivity index (χ0n) is 10.1. The van der Waals surface area contributed by atoms with Gasteiger partial charge in [0.1, 0.15) is 0 Å². The molecule has 1 fully saturated rings. The van der Waals surface area contributed by atoms with Crippen molar-refractivity contribution in [3.63, 3.8) is 0 Å². The molecule has 2 rings (SSSR count). The highest BCUT2D eigenvalue weighted by Gasteiger charge is 2.14. The van der Waals surface area contributed by atoms with Gasteiger partial charge < -0.3 is 15.4 Å². The third kappa shape index (κ3) is 4.08. The Hall–Kier alpha value is -0.910. The van der Waals surface area contributed by atoms with Gasteiger partial charge in [0.2, 0.25) is 5.91 Å². The molecule has 18 heavy (non-hydrogen) atoms. The van der Waals surface area contributed by atoms with Crippen LogP contribution < -0.4 is 10.6 Å². The number of carbonyl (C=O) groups is 1. The second-order valence-electron chi connectivity index (χ2n) is 4.27. The average Bonchev–Trinajstić information content (AvgIpc) is 2.40. The molecule has 0 aromatic heterocycles. The number of hydrogen-bond donors (Lipinski definition) is 2. The minimum Gasteiger partial charge on any atom is -0.374 e. The molecule has 1 aromatic rings. The lowest BCUT2D eigenvalue weighted by atomic mass is 10.1. The first kappa shape index (κ1) is 13.5. The SMILES string of the molecule is O=C(Cc1ccccc1Br)NCC1CNCCO1. The molecule has 4 nitrogen and oxygen atoms in total. The zero-order chi connectivity index (χ0) is 12.8. The van der Waals surface area contributed by atoms with Crippen LogP contribution in [0.15, 0.2) is 28.7 Å². The highest BCUT2D eigenvalue weighted by atomic mass is 79.9. The minimum absolute atomic E-state index is 0.0241. The predicted molar refractivity (Wildman–Crippen MR) is 73.5 cm³/mol. The topological polar surface area (TPSA) is 50.4 Å². The Kier molecular flexibility index (Phi) is 5.16. The molecule has 0 radical (unpaired) electrons. The van der Waals surface area contributed by atoms with Gasteiger partial charge in [-0.2, -0.15) is 0 Å². The van der Waals surface area contributed by atoms with Crippen LogP contribution in [-0.2, 0) is 16.0 Å². The van der Waals surface area contributed by atoms with Crippen LogP contribution in [0.1, 0.15) is 5.56 Å². The molecule has 0 bridgehead atoms. The van der Waals surface area contributed by atoms with Crippen molar-refractivity contribution < 1.29 is 9.53 Å². The Balaban J connectivity index is 1.76. The number of benzene rings is 1. The van der Waals surface area contributed by atoms with Gasteiger partial charge in [0.05, 0.1) is 19.1 Å². The smallest absolute Gasteiger partial charge is 0.224 e. The molecule has 1 aliphatic heterocycles. The van der Waals surface area contributed by atoms with Crippen LogP contribution in [-0.4, -0.2) is 38.3 Å². The highest BCUT2D eigenvalue weighted by molar-refractivity contribution is 9.10. The van der Waals surface area contributed by atoms with E-state index in [0.29, 0.717) is 19.6 Å². The summed E-state index contributed by atoms with van der Waals surface area (Å²) in [6.07, 6.45) is 0.476. The van der Waals surface area contributed by atoms with Crippen LogP contribution in [0.5, 0.6) is 0 Å². The van der Waals surface area contributed by atoms with Gasteiger partial charge >= 0.3 is 0 Å². The Labute approximate surface area is 115 Å². The van der Waals surface area contributed by atoms with E-state index in [1.165, 1.54) is 0 Å². The summed E-state index contributed by atoms with van der Waals surface area (Å²) in [6, 6.07) is 7.76. The maximum Gasteiger partial charge on any atom is 0.224 e. The van der Waals surface area contributed by atoms with E-state index in [1.54, 1.807) is 0 Å². The lowest BCUT2D eigenvalue weighted by Gasteiger charge is -2.23. The number of carbonyl (C=O) groups excluding carboxylic acids is 1. The highest BCUT2D eigenvalue weighted by Crippen LogP contribution is 2.16. The first-order valence-corrected chi connectivity index (χ1v) is 6.87. The monoisotopic (exact) mass is 312 g/mol. The minimum atomic E-state index is 0.0241. The van der Waals surface area contributed by atoms with E-state index in [-0.39, 0.29) is 12.0 Å². The molecule has 2 N–H and O–H groups in total. The van der Waals surface area contributed by atoms with Crippen LogP contribution >= 0.6 is 15.9 Å². The maximum absolute atomic E-state index is 11.8. The zero-order valence-corrected chi connectivity index (χ0v) is 11.7. The molecular weight excluding hydrogens is 296 g/mol. The van der Waals surface area contributed by atoms with Crippen molar-refractivity contribution in [2.75, 3.05) is 26.2 Å². The van der Waals surface area contributed by atoms with E-state index < -0.39 is 0 Å². The molecule has 98 valence electrons. The standard InChI is InChI=1S/C13H17BrN2O2/c14-12-4-2-1-3-10(12)7-13(17)16-9-11-8-15-5-6-18-11/h1-4,11,15H,5-9H2,(H,16,17). The molecule has 0 saturated carbocycles. The van der Waals surface area contributed by atoms with E-state index in [9.17, 15) is 4.79 Å². The fraction of sp³-hybridized carbons (Fsp3) is 0.462. The largest absolute Gasteiger partial charge is 0.374 e. The van der Waals surface area contributed by atoms with Gasteiger partial charge in [-0.1, -0.05) is 34.1 Å². The summed E-state index contributed by atoms with van der Waals surface area (Å²) in [5.41, 5.74) is 0.998. The normalized spacial score (nSPS) is 19.5. The number of nitrogens with one attached hydrogen (secondary N) is 2. The van der Waals surface area contributed by atoms with Gasteiger partial charge in [0.15, 0.2) is 0 Å². The fourth-order valence-corrected chi connectivity index (χ4v) is 2.28. The first-order valence-electron chi connectivity index (χ1n) is 6.08. The van der Waals surface area contributed by atoms with Crippen molar-refractivity contribution in [2.45, 2.75) is 12.5 Å². The van der Waals surface area contributed by atoms with Gasteiger partial charge in [0, 0.05) is 24.1 Å². The van der Waals surface area contributed by atoms with Crippen LogP contribution in [0.2, 0.25) is 0 Å². The Morgan fingerprint density at radius 2 is 2.33 bits per heavy atom. The molecule has 1 atom stereocenters. The third-order valence-electron chi connectivity index (χ3n) is 2.84. The summed E-state index contributed by atoms with van der Waals surface area (Å²) in [5, 5.41) is 6.14. The summed E-state index contributed by atoms with van der Waals surface area (Å²) in [7, 11) is 0. The molecule has 1 amide bonds. The van der Waals surface area contributed by atoms with Crippen LogP contribution in [0.4, 0.5) is 0 Å². The number of morpholine rings is 1. The summed E-state index contributed by atoms with van der Waals surface area (Å²) in [5.74, 6) is 0.0241. The lowest BCUT2D eigenvalue weighted by Crippen LogP contribution is -2.45. The number of halogens is 1. The molecule has 1 aromatic carbocycles. The molecule has 5 heteroatoms. The molecule has 0 aliphatic carbocycles. The second-order valence-corrected chi connectivity index (χ2v) is 5.12.